The first-order chi connectivity index (χ1) is 12.1. The van der Waals surface area contributed by atoms with E-state index in [0.29, 0.717) is 5.71 Å². The summed E-state index contributed by atoms with van der Waals surface area (Å²) in [5.74, 6) is 0. The van der Waals surface area contributed by atoms with Crippen molar-refractivity contribution in [1.82, 2.24) is 9.97 Å². The average molecular weight is 344 g/mol. The molecule has 0 N–H and O–H groups in total. The maximum atomic E-state index is 6.16. The van der Waals surface area contributed by atoms with Crippen LogP contribution in [0.3, 0.4) is 0 Å². The van der Waals surface area contributed by atoms with Crippen molar-refractivity contribution in [2.75, 3.05) is 0 Å². The molecule has 122 valence electrons. The highest BCUT2D eigenvalue weighted by atomic mass is 32.1. The van der Waals surface area contributed by atoms with Gasteiger partial charge in [-0.15, -0.1) is 11.3 Å². The van der Waals surface area contributed by atoms with Crippen molar-refractivity contribution in [1.29, 1.82) is 0 Å². The fourth-order valence-electron chi connectivity index (χ4n) is 3.42. The van der Waals surface area contributed by atoms with Crippen LogP contribution in [0.4, 0.5) is 0 Å². The smallest absolute Gasteiger partial charge is 0.227 e. The number of fused-ring (bicyclic) bond motifs is 4. The van der Waals surface area contributed by atoms with Gasteiger partial charge in [0.2, 0.25) is 5.71 Å². The SMILES string of the molecule is Cc1ccc2c(n1)oc1c(-c3nccc4c(C)c(C)sc34)cccc12. The van der Waals surface area contributed by atoms with Gasteiger partial charge in [0.1, 0.15) is 5.58 Å². The third kappa shape index (κ3) is 2.04. The first-order valence-electron chi connectivity index (χ1n) is 8.27. The number of aryl methyl sites for hydroxylation is 3. The maximum Gasteiger partial charge on any atom is 0.227 e. The van der Waals surface area contributed by atoms with Crippen LogP contribution >= 0.6 is 11.3 Å². The van der Waals surface area contributed by atoms with E-state index in [9.17, 15) is 0 Å². The number of hydrogen-bond acceptors (Lipinski definition) is 4. The molecule has 3 nitrogen and oxygen atoms in total. The normalized spacial score (nSPS) is 11.8. The highest BCUT2D eigenvalue weighted by Crippen LogP contribution is 2.40. The molecule has 0 radical (unpaired) electrons. The van der Waals surface area contributed by atoms with Gasteiger partial charge in [0.15, 0.2) is 0 Å². The van der Waals surface area contributed by atoms with E-state index in [1.54, 1.807) is 11.3 Å². The van der Waals surface area contributed by atoms with Crippen LogP contribution in [0.5, 0.6) is 0 Å². The lowest BCUT2D eigenvalue weighted by Gasteiger charge is -2.03. The Morgan fingerprint density at radius 1 is 0.920 bits per heavy atom. The Balaban J connectivity index is 1.90. The number of furan rings is 1. The monoisotopic (exact) mass is 344 g/mol. The van der Waals surface area contributed by atoms with Crippen molar-refractivity contribution < 1.29 is 4.42 Å². The lowest BCUT2D eigenvalue weighted by atomic mass is 10.0. The van der Waals surface area contributed by atoms with Gasteiger partial charge in [0.25, 0.3) is 0 Å². The zero-order valence-electron chi connectivity index (χ0n) is 14.3. The standard InChI is InChI=1S/C21H16N2OS/c1-11-7-8-16-15-5-4-6-17(19(15)24-21(16)23-11)18-20-14(9-10-22-18)12(2)13(3)25-20/h4-10H,1-3H3. The maximum absolute atomic E-state index is 6.16. The fraction of sp³-hybridized carbons (Fsp3) is 0.143. The molecule has 4 heteroatoms. The van der Waals surface area contributed by atoms with Gasteiger partial charge >= 0.3 is 0 Å². The summed E-state index contributed by atoms with van der Waals surface area (Å²) >= 11 is 1.80. The molecule has 0 aliphatic carbocycles. The number of pyridine rings is 2. The predicted molar refractivity (Wildman–Crippen MR) is 104 cm³/mol. The van der Waals surface area contributed by atoms with Crippen LogP contribution in [0.2, 0.25) is 0 Å². The Kier molecular flexibility index (Phi) is 3.00. The summed E-state index contributed by atoms with van der Waals surface area (Å²) in [5, 5.41) is 3.41. The highest BCUT2D eigenvalue weighted by molar-refractivity contribution is 7.19. The molecule has 0 unspecified atom stereocenters. The van der Waals surface area contributed by atoms with E-state index in [1.807, 2.05) is 19.2 Å². The molecule has 5 aromatic rings. The summed E-state index contributed by atoms with van der Waals surface area (Å²) in [6.45, 7) is 6.32. The molecule has 4 heterocycles. The zero-order chi connectivity index (χ0) is 17.1. The van der Waals surface area contributed by atoms with Crippen molar-refractivity contribution in [3.63, 3.8) is 0 Å². The molecule has 0 spiro atoms. The van der Waals surface area contributed by atoms with Crippen molar-refractivity contribution in [3.05, 3.63) is 58.7 Å². The van der Waals surface area contributed by atoms with E-state index in [-0.39, 0.29) is 0 Å². The van der Waals surface area contributed by atoms with Crippen LogP contribution in [0.25, 0.3) is 43.4 Å². The molecule has 0 aliphatic heterocycles. The molecule has 0 amide bonds. The molecule has 0 aliphatic rings. The van der Waals surface area contributed by atoms with Gasteiger partial charge in [0.05, 0.1) is 10.4 Å². The summed E-state index contributed by atoms with van der Waals surface area (Å²) in [5.41, 5.74) is 5.85. The second-order valence-corrected chi connectivity index (χ2v) is 7.63. The topological polar surface area (TPSA) is 38.9 Å². The molecule has 0 saturated carbocycles. The molecule has 25 heavy (non-hydrogen) atoms. The molecule has 0 atom stereocenters. The molecular weight excluding hydrogens is 328 g/mol. The summed E-state index contributed by atoms with van der Waals surface area (Å²) in [6.07, 6.45) is 1.89. The van der Waals surface area contributed by atoms with E-state index in [4.69, 9.17) is 9.40 Å². The van der Waals surface area contributed by atoms with Gasteiger partial charge in [0, 0.05) is 33.1 Å². The van der Waals surface area contributed by atoms with Crippen LogP contribution in [0.1, 0.15) is 16.1 Å². The van der Waals surface area contributed by atoms with E-state index in [2.05, 4.69) is 49.2 Å². The zero-order valence-corrected chi connectivity index (χ0v) is 15.1. The Labute approximate surface area is 149 Å². The van der Waals surface area contributed by atoms with Crippen LogP contribution in [0.15, 0.2) is 47.0 Å². The van der Waals surface area contributed by atoms with Crippen LogP contribution in [-0.4, -0.2) is 9.97 Å². The van der Waals surface area contributed by atoms with Crippen molar-refractivity contribution in [2.24, 2.45) is 0 Å². The van der Waals surface area contributed by atoms with Gasteiger partial charge in [-0.25, -0.2) is 4.98 Å². The number of rotatable bonds is 1. The Morgan fingerprint density at radius 3 is 2.68 bits per heavy atom. The number of hydrogen-bond donors (Lipinski definition) is 0. The minimum Gasteiger partial charge on any atom is -0.437 e. The average Bonchev–Trinajstić information content (AvgIpc) is 3.12. The third-order valence-electron chi connectivity index (χ3n) is 4.85. The quantitative estimate of drug-likeness (QED) is 0.364. The van der Waals surface area contributed by atoms with Gasteiger partial charge in [-0.2, -0.15) is 0 Å². The van der Waals surface area contributed by atoms with E-state index in [0.717, 1.165) is 33.3 Å². The Morgan fingerprint density at radius 2 is 1.80 bits per heavy atom. The summed E-state index contributed by atoms with van der Waals surface area (Å²) in [4.78, 5) is 10.6. The molecule has 0 fully saturated rings. The first kappa shape index (κ1) is 14.6. The summed E-state index contributed by atoms with van der Waals surface area (Å²) in [7, 11) is 0. The summed E-state index contributed by atoms with van der Waals surface area (Å²) < 4.78 is 7.38. The van der Waals surface area contributed by atoms with E-state index in [1.165, 1.54) is 20.5 Å². The largest absolute Gasteiger partial charge is 0.437 e. The number of nitrogens with zero attached hydrogens (tertiary/aromatic N) is 2. The van der Waals surface area contributed by atoms with Crippen LogP contribution in [0, 0.1) is 20.8 Å². The van der Waals surface area contributed by atoms with Gasteiger partial charge in [-0.1, -0.05) is 12.1 Å². The lowest BCUT2D eigenvalue weighted by molar-refractivity contribution is 0.653. The van der Waals surface area contributed by atoms with Gasteiger partial charge in [-0.3, -0.25) is 4.98 Å². The minimum absolute atomic E-state index is 0.688. The Hall–Kier alpha value is -2.72. The minimum atomic E-state index is 0.688. The number of benzene rings is 1. The predicted octanol–water partition coefficient (Wildman–Crippen LogP) is 6.18. The van der Waals surface area contributed by atoms with Crippen molar-refractivity contribution in [2.45, 2.75) is 20.8 Å². The van der Waals surface area contributed by atoms with Crippen molar-refractivity contribution in [3.8, 4) is 11.3 Å². The second-order valence-electron chi connectivity index (χ2n) is 6.41. The third-order valence-corrected chi connectivity index (χ3v) is 6.08. The lowest BCUT2D eigenvalue weighted by Crippen LogP contribution is -1.84. The summed E-state index contributed by atoms with van der Waals surface area (Å²) in [6, 6.07) is 12.5. The second kappa shape index (κ2) is 5.14. The number of aromatic nitrogens is 2. The van der Waals surface area contributed by atoms with Gasteiger partial charge < -0.3 is 4.42 Å². The van der Waals surface area contributed by atoms with Gasteiger partial charge in [-0.05, 0) is 56.0 Å². The van der Waals surface area contributed by atoms with Crippen molar-refractivity contribution >= 4 is 43.5 Å². The molecule has 4 aromatic heterocycles. The molecule has 1 aromatic carbocycles. The molecule has 0 bridgehead atoms. The molecule has 0 saturated heterocycles. The molecular formula is C21H16N2OS. The number of thiophene rings is 1. The van der Waals surface area contributed by atoms with Crippen LogP contribution < -0.4 is 0 Å². The molecule has 5 rings (SSSR count). The highest BCUT2D eigenvalue weighted by Gasteiger charge is 2.17. The van der Waals surface area contributed by atoms with E-state index < -0.39 is 0 Å². The Bertz CT molecular complexity index is 1280. The number of para-hydroxylation sites is 1. The van der Waals surface area contributed by atoms with E-state index >= 15 is 0 Å². The fourth-order valence-corrected chi connectivity index (χ4v) is 4.58. The van der Waals surface area contributed by atoms with Crippen LogP contribution in [-0.2, 0) is 0 Å². The first-order valence-corrected chi connectivity index (χ1v) is 9.09.